The maximum atomic E-state index is 6.11. The first-order valence-electron chi connectivity index (χ1n) is 7.02. The monoisotopic (exact) mass is 287 g/mol. The van der Waals surface area contributed by atoms with Crippen LogP contribution in [0.15, 0.2) is 34.9 Å². The van der Waals surface area contributed by atoms with Crippen molar-refractivity contribution < 1.29 is 4.52 Å². The third-order valence-electron chi connectivity index (χ3n) is 4.39. The lowest BCUT2D eigenvalue weighted by Crippen LogP contribution is -2.27. The van der Waals surface area contributed by atoms with Crippen LogP contribution in [0.5, 0.6) is 0 Å². The Morgan fingerprint density at radius 3 is 2.65 bits per heavy atom. The van der Waals surface area contributed by atoms with Gasteiger partial charge in [0.25, 0.3) is 0 Å². The van der Waals surface area contributed by atoms with Crippen molar-refractivity contribution in [2.45, 2.75) is 30.2 Å². The van der Waals surface area contributed by atoms with Crippen LogP contribution in [0.3, 0.4) is 0 Å². The molecule has 2 atom stereocenters. The van der Waals surface area contributed by atoms with Crippen LogP contribution < -0.4 is 5.73 Å². The molecule has 2 aromatic rings. The Morgan fingerprint density at radius 2 is 2.00 bits per heavy atom. The molecular formula is C15H17N3OS. The molecule has 1 saturated carbocycles. The van der Waals surface area contributed by atoms with Crippen LogP contribution >= 0.6 is 11.8 Å². The summed E-state index contributed by atoms with van der Waals surface area (Å²) in [5, 5.41) is 4.25. The minimum atomic E-state index is -0.0150. The number of hydrogen-bond donors (Lipinski definition) is 1. The standard InChI is InChI=1S/C15H17N3OS/c16-12-9-20-8-11(12)13-17-14(18-19-13)15(6-7-15)10-4-2-1-3-5-10/h1-5,11-12H,6-9,16H2. The van der Waals surface area contributed by atoms with Gasteiger partial charge in [-0.25, -0.2) is 0 Å². The Hall–Kier alpha value is -1.33. The highest BCUT2D eigenvalue weighted by molar-refractivity contribution is 7.99. The quantitative estimate of drug-likeness (QED) is 0.938. The molecule has 1 aromatic heterocycles. The molecule has 2 heterocycles. The zero-order chi connectivity index (χ0) is 13.6. The van der Waals surface area contributed by atoms with Gasteiger partial charge in [-0.1, -0.05) is 35.5 Å². The van der Waals surface area contributed by atoms with Crippen LogP contribution in [0, 0.1) is 0 Å². The van der Waals surface area contributed by atoms with E-state index < -0.39 is 0 Å². The van der Waals surface area contributed by atoms with E-state index in [0.717, 1.165) is 36.1 Å². The molecule has 20 heavy (non-hydrogen) atoms. The molecular weight excluding hydrogens is 270 g/mol. The minimum Gasteiger partial charge on any atom is -0.339 e. The number of nitrogens with zero attached hydrogens (tertiary/aromatic N) is 2. The van der Waals surface area contributed by atoms with Crippen LogP contribution in [-0.4, -0.2) is 27.7 Å². The molecule has 1 aromatic carbocycles. The fourth-order valence-electron chi connectivity index (χ4n) is 2.93. The predicted molar refractivity (Wildman–Crippen MR) is 78.8 cm³/mol. The van der Waals surface area contributed by atoms with E-state index in [4.69, 9.17) is 10.3 Å². The molecule has 0 amide bonds. The second-order valence-electron chi connectivity index (χ2n) is 5.71. The molecule has 4 rings (SSSR count). The molecule has 2 unspecified atom stereocenters. The van der Waals surface area contributed by atoms with E-state index >= 15 is 0 Å². The second-order valence-corrected chi connectivity index (χ2v) is 6.79. The average Bonchev–Trinajstić information content (AvgIpc) is 2.94. The van der Waals surface area contributed by atoms with Crippen molar-refractivity contribution in [3.8, 4) is 0 Å². The van der Waals surface area contributed by atoms with Gasteiger partial charge in [0.2, 0.25) is 5.89 Å². The first-order valence-corrected chi connectivity index (χ1v) is 8.18. The van der Waals surface area contributed by atoms with Gasteiger partial charge in [0.1, 0.15) is 0 Å². The van der Waals surface area contributed by atoms with E-state index in [1.807, 2.05) is 17.8 Å². The Morgan fingerprint density at radius 1 is 1.20 bits per heavy atom. The SMILES string of the molecule is NC1CSCC1c1nc(C2(c3ccccc3)CC2)no1. The lowest BCUT2D eigenvalue weighted by atomic mass is 9.95. The summed E-state index contributed by atoms with van der Waals surface area (Å²) in [6.07, 6.45) is 2.20. The third-order valence-corrected chi connectivity index (χ3v) is 5.60. The molecule has 4 nitrogen and oxygen atoms in total. The fraction of sp³-hybridized carbons (Fsp3) is 0.467. The van der Waals surface area contributed by atoms with E-state index in [-0.39, 0.29) is 17.4 Å². The largest absolute Gasteiger partial charge is 0.339 e. The van der Waals surface area contributed by atoms with Crippen molar-refractivity contribution in [2.24, 2.45) is 5.73 Å². The van der Waals surface area contributed by atoms with E-state index in [1.54, 1.807) is 0 Å². The molecule has 1 aliphatic carbocycles. The Kier molecular flexibility index (Phi) is 2.86. The molecule has 2 N–H and O–H groups in total. The van der Waals surface area contributed by atoms with Gasteiger partial charge in [-0.15, -0.1) is 0 Å². The van der Waals surface area contributed by atoms with Crippen molar-refractivity contribution in [1.29, 1.82) is 0 Å². The number of benzene rings is 1. The Balaban J connectivity index is 1.65. The van der Waals surface area contributed by atoms with Crippen molar-refractivity contribution in [1.82, 2.24) is 10.1 Å². The Labute approximate surface area is 122 Å². The number of thioether (sulfide) groups is 1. The topological polar surface area (TPSA) is 64.9 Å². The normalized spacial score (nSPS) is 27.6. The highest BCUT2D eigenvalue weighted by atomic mass is 32.2. The Bertz CT molecular complexity index is 609. The smallest absolute Gasteiger partial charge is 0.232 e. The minimum absolute atomic E-state index is 0.0150. The first-order chi connectivity index (χ1) is 9.79. The van der Waals surface area contributed by atoms with Crippen LogP contribution in [0.2, 0.25) is 0 Å². The molecule has 104 valence electrons. The maximum Gasteiger partial charge on any atom is 0.232 e. The van der Waals surface area contributed by atoms with Gasteiger partial charge in [-0.3, -0.25) is 0 Å². The number of aromatic nitrogens is 2. The molecule has 0 radical (unpaired) electrons. The van der Waals surface area contributed by atoms with Crippen molar-refractivity contribution in [2.75, 3.05) is 11.5 Å². The second kappa shape index (κ2) is 4.60. The van der Waals surface area contributed by atoms with Crippen LogP contribution in [0.4, 0.5) is 0 Å². The zero-order valence-corrected chi connectivity index (χ0v) is 12.0. The summed E-state index contributed by atoms with van der Waals surface area (Å²) in [6, 6.07) is 10.6. The molecule has 1 saturated heterocycles. The predicted octanol–water partition coefficient (Wildman–Crippen LogP) is 2.31. The molecule has 1 aliphatic heterocycles. The lowest BCUT2D eigenvalue weighted by Gasteiger charge is -2.11. The first kappa shape index (κ1) is 12.4. The van der Waals surface area contributed by atoms with Gasteiger partial charge < -0.3 is 10.3 Å². The van der Waals surface area contributed by atoms with Gasteiger partial charge >= 0.3 is 0 Å². The summed E-state index contributed by atoms with van der Waals surface area (Å²) in [4.78, 5) is 4.68. The van der Waals surface area contributed by atoms with Gasteiger partial charge in [-0.2, -0.15) is 16.7 Å². The molecule has 2 aliphatic rings. The molecule has 2 fully saturated rings. The molecule has 0 spiro atoms. The summed E-state index contributed by atoms with van der Waals surface area (Å²) < 4.78 is 5.51. The summed E-state index contributed by atoms with van der Waals surface area (Å²) in [6.45, 7) is 0. The van der Waals surface area contributed by atoms with Crippen LogP contribution in [-0.2, 0) is 5.41 Å². The van der Waals surface area contributed by atoms with E-state index in [2.05, 4.69) is 34.4 Å². The zero-order valence-electron chi connectivity index (χ0n) is 11.2. The lowest BCUT2D eigenvalue weighted by molar-refractivity contribution is 0.347. The van der Waals surface area contributed by atoms with Gasteiger partial charge in [0.15, 0.2) is 5.82 Å². The average molecular weight is 287 g/mol. The summed E-state index contributed by atoms with van der Waals surface area (Å²) in [5.74, 6) is 3.74. The van der Waals surface area contributed by atoms with Crippen molar-refractivity contribution in [3.05, 3.63) is 47.6 Å². The van der Waals surface area contributed by atoms with Gasteiger partial charge in [0.05, 0.1) is 11.3 Å². The van der Waals surface area contributed by atoms with Gasteiger partial charge in [0, 0.05) is 17.5 Å². The van der Waals surface area contributed by atoms with Crippen LogP contribution in [0.25, 0.3) is 0 Å². The summed E-state index contributed by atoms with van der Waals surface area (Å²) >= 11 is 1.86. The third kappa shape index (κ3) is 1.88. The fourth-order valence-corrected chi connectivity index (χ4v) is 4.21. The number of rotatable bonds is 3. The number of hydrogen-bond acceptors (Lipinski definition) is 5. The maximum absolute atomic E-state index is 6.11. The highest BCUT2D eigenvalue weighted by Crippen LogP contribution is 2.52. The summed E-state index contributed by atoms with van der Waals surface area (Å²) in [7, 11) is 0. The van der Waals surface area contributed by atoms with Crippen LogP contribution in [0.1, 0.15) is 36.0 Å². The van der Waals surface area contributed by atoms with E-state index in [0.29, 0.717) is 0 Å². The van der Waals surface area contributed by atoms with Gasteiger partial charge in [-0.05, 0) is 18.4 Å². The molecule has 0 bridgehead atoms. The highest BCUT2D eigenvalue weighted by Gasteiger charge is 2.50. The number of nitrogens with two attached hydrogens (primary N) is 1. The summed E-state index contributed by atoms with van der Waals surface area (Å²) in [5.41, 5.74) is 7.38. The molecule has 5 heteroatoms. The van der Waals surface area contributed by atoms with E-state index in [9.17, 15) is 0 Å². The van der Waals surface area contributed by atoms with E-state index in [1.165, 1.54) is 5.56 Å². The van der Waals surface area contributed by atoms with Crippen molar-refractivity contribution in [3.63, 3.8) is 0 Å². The van der Waals surface area contributed by atoms with Crippen molar-refractivity contribution >= 4 is 11.8 Å².